The van der Waals surface area contributed by atoms with Crippen molar-refractivity contribution in [2.75, 3.05) is 13.2 Å². The second kappa shape index (κ2) is 12.5. The number of phenolic OH excluding ortho intramolecular Hbond substituents is 4. The van der Waals surface area contributed by atoms with E-state index in [1.807, 2.05) is 0 Å². The standard InChI is InChI=1S/C27H28O12/c28-17(5-1-15-3-7-19(30)21(32)9-15)13-38-23-11-27(37,26(35)36)12-24(25(23)34)39-14-18(29)6-2-16-4-8-20(31)22(33)10-16/h1-10,23-25,30-34,37H,11-14H2,(H,35,36)/t23-,24+,25?,27?. The number of aliphatic hydroxyl groups is 2. The van der Waals surface area contributed by atoms with Crippen LogP contribution in [-0.4, -0.2) is 90.4 Å². The van der Waals surface area contributed by atoms with E-state index in [1.54, 1.807) is 0 Å². The maximum atomic E-state index is 12.2. The van der Waals surface area contributed by atoms with Gasteiger partial charge in [0, 0.05) is 12.8 Å². The molecule has 2 aromatic carbocycles. The molecule has 3 rings (SSSR count). The second-order valence-electron chi connectivity index (χ2n) is 9.03. The number of aromatic hydroxyl groups is 4. The SMILES string of the molecule is O=C(C=Cc1ccc(O)c(O)c1)CO[C@H]1CC(O)(C(=O)O)C[C@@H](OCC(=O)C=Cc2ccc(O)c(O)c2)C1O. The first-order valence-corrected chi connectivity index (χ1v) is 11.7. The molecular formula is C27H28O12. The van der Waals surface area contributed by atoms with E-state index in [0.29, 0.717) is 11.1 Å². The second-order valence-corrected chi connectivity index (χ2v) is 9.03. The van der Waals surface area contributed by atoms with Gasteiger partial charge in [-0.15, -0.1) is 0 Å². The minimum atomic E-state index is -2.35. The fourth-order valence-corrected chi connectivity index (χ4v) is 3.86. The third-order valence-electron chi connectivity index (χ3n) is 6.04. The largest absolute Gasteiger partial charge is 0.504 e. The molecule has 2 unspecified atom stereocenters. The Morgan fingerprint density at radius 3 is 1.54 bits per heavy atom. The third kappa shape index (κ3) is 7.88. The zero-order chi connectivity index (χ0) is 28.7. The molecule has 0 aliphatic heterocycles. The predicted molar refractivity (Wildman–Crippen MR) is 135 cm³/mol. The molecule has 0 bridgehead atoms. The summed E-state index contributed by atoms with van der Waals surface area (Å²) in [4.78, 5) is 36.2. The molecule has 2 aromatic rings. The lowest BCUT2D eigenvalue weighted by atomic mass is 9.79. The number of carboxylic acid groups (broad SMARTS) is 1. The molecule has 0 amide bonds. The number of ketones is 2. The number of aliphatic carboxylic acids is 1. The number of phenols is 4. The number of carbonyl (C=O) groups is 3. The van der Waals surface area contributed by atoms with Crippen LogP contribution in [0.1, 0.15) is 24.0 Å². The number of carboxylic acids is 1. The number of aliphatic hydroxyl groups excluding tert-OH is 1. The van der Waals surface area contributed by atoms with Crippen molar-refractivity contribution in [3.8, 4) is 23.0 Å². The highest BCUT2D eigenvalue weighted by Gasteiger charge is 2.50. The number of ether oxygens (including phenoxy) is 2. The highest BCUT2D eigenvalue weighted by atomic mass is 16.5. The third-order valence-corrected chi connectivity index (χ3v) is 6.04. The summed E-state index contributed by atoms with van der Waals surface area (Å²) in [5.41, 5.74) is -1.53. The van der Waals surface area contributed by atoms with Crippen LogP contribution >= 0.6 is 0 Å². The van der Waals surface area contributed by atoms with E-state index in [0.717, 1.165) is 12.2 Å². The number of carbonyl (C=O) groups excluding carboxylic acids is 2. The van der Waals surface area contributed by atoms with Gasteiger partial charge in [0.15, 0.2) is 40.2 Å². The summed E-state index contributed by atoms with van der Waals surface area (Å²) in [6, 6.07) is 7.82. The van der Waals surface area contributed by atoms with E-state index in [-0.39, 0.29) is 23.0 Å². The zero-order valence-electron chi connectivity index (χ0n) is 20.5. The Bertz CT molecular complexity index is 1190. The summed E-state index contributed by atoms with van der Waals surface area (Å²) in [6.45, 7) is -1.16. The van der Waals surface area contributed by atoms with Gasteiger partial charge in [-0.1, -0.05) is 24.3 Å². The van der Waals surface area contributed by atoms with E-state index in [1.165, 1.54) is 48.6 Å². The van der Waals surface area contributed by atoms with Crippen LogP contribution in [-0.2, 0) is 23.9 Å². The average Bonchev–Trinajstić information content (AvgIpc) is 2.89. The van der Waals surface area contributed by atoms with Gasteiger partial charge in [0.2, 0.25) is 0 Å². The summed E-state index contributed by atoms with van der Waals surface area (Å²) >= 11 is 0. The molecule has 0 radical (unpaired) electrons. The Kier molecular flexibility index (Phi) is 9.43. The Morgan fingerprint density at radius 2 is 1.18 bits per heavy atom. The molecule has 0 aromatic heterocycles. The Balaban J connectivity index is 1.60. The van der Waals surface area contributed by atoms with Gasteiger partial charge in [-0.3, -0.25) is 9.59 Å². The van der Waals surface area contributed by atoms with E-state index in [4.69, 9.17) is 9.47 Å². The first kappa shape index (κ1) is 29.3. The molecule has 1 saturated carbocycles. The van der Waals surface area contributed by atoms with Gasteiger partial charge >= 0.3 is 5.97 Å². The normalized spacial score (nSPS) is 23.3. The van der Waals surface area contributed by atoms with E-state index >= 15 is 0 Å². The molecule has 1 fully saturated rings. The molecule has 7 N–H and O–H groups in total. The van der Waals surface area contributed by atoms with Crippen molar-refractivity contribution in [1.29, 1.82) is 0 Å². The minimum Gasteiger partial charge on any atom is -0.504 e. The summed E-state index contributed by atoms with van der Waals surface area (Å²) in [6.07, 6.45) is -0.235. The Morgan fingerprint density at radius 1 is 0.769 bits per heavy atom. The molecule has 208 valence electrons. The summed E-state index contributed by atoms with van der Waals surface area (Å²) < 4.78 is 10.8. The molecule has 39 heavy (non-hydrogen) atoms. The van der Waals surface area contributed by atoms with E-state index in [9.17, 15) is 50.1 Å². The van der Waals surface area contributed by atoms with Gasteiger partial charge in [-0.25, -0.2) is 4.79 Å². The fourth-order valence-electron chi connectivity index (χ4n) is 3.86. The van der Waals surface area contributed by atoms with Crippen molar-refractivity contribution < 1.29 is 59.6 Å². The molecule has 0 heterocycles. The first-order chi connectivity index (χ1) is 18.4. The number of rotatable bonds is 11. The summed E-state index contributed by atoms with van der Waals surface area (Å²) in [7, 11) is 0. The molecule has 4 atom stereocenters. The van der Waals surface area contributed by atoms with Gasteiger partial charge < -0.3 is 45.2 Å². The Labute approximate surface area is 222 Å². The Hall–Kier alpha value is -4.23. The molecule has 1 aliphatic rings. The van der Waals surface area contributed by atoms with Gasteiger partial charge in [0.05, 0.1) is 12.2 Å². The van der Waals surface area contributed by atoms with Crippen molar-refractivity contribution in [3.05, 3.63) is 59.7 Å². The quantitative estimate of drug-likeness (QED) is 0.157. The van der Waals surface area contributed by atoms with Crippen molar-refractivity contribution >= 4 is 29.7 Å². The maximum Gasteiger partial charge on any atom is 0.335 e. The molecule has 12 nitrogen and oxygen atoms in total. The highest BCUT2D eigenvalue weighted by Crippen LogP contribution is 2.33. The van der Waals surface area contributed by atoms with Crippen LogP contribution in [0.25, 0.3) is 12.2 Å². The highest BCUT2D eigenvalue weighted by molar-refractivity contribution is 5.95. The first-order valence-electron chi connectivity index (χ1n) is 11.7. The summed E-state index contributed by atoms with van der Waals surface area (Å²) in [5.74, 6) is -4.14. The molecule has 0 saturated heterocycles. The van der Waals surface area contributed by atoms with E-state index in [2.05, 4.69) is 0 Å². The lowest BCUT2D eigenvalue weighted by molar-refractivity contribution is -0.201. The molecule has 0 spiro atoms. The van der Waals surface area contributed by atoms with Crippen LogP contribution in [0.5, 0.6) is 23.0 Å². The maximum absolute atomic E-state index is 12.2. The van der Waals surface area contributed by atoms with Crippen LogP contribution in [0.4, 0.5) is 0 Å². The van der Waals surface area contributed by atoms with Gasteiger partial charge in [0.1, 0.15) is 19.3 Å². The lowest BCUT2D eigenvalue weighted by Gasteiger charge is -2.41. The van der Waals surface area contributed by atoms with Crippen molar-refractivity contribution in [3.63, 3.8) is 0 Å². The van der Waals surface area contributed by atoms with Gasteiger partial charge in [-0.05, 0) is 47.5 Å². The summed E-state index contributed by atoms with van der Waals surface area (Å²) in [5, 5.41) is 68.5. The van der Waals surface area contributed by atoms with E-state index < -0.39 is 67.5 Å². The van der Waals surface area contributed by atoms with Crippen molar-refractivity contribution in [2.45, 2.75) is 36.8 Å². The lowest BCUT2D eigenvalue weighted by Crippen LogP contribution is -2.57. The van der Waals surface area contributed by atoms with Gasteiger partial charge in [0.25, 0.3) is 0 Å². The van der Waals surface area contributed by atoms with Crippen LogP contribution in [0, 0.1) is 0 Å². The van der Waals surface area contributed by atoms with Crippen LogP contribution in [0.3, 0.4) is 0 Å². The van der Waals surface area contributed by atoms with Gasteiger partial charge in [-0.2, -0.15) is 0 Å². The van der Waals surface area contributed by atoms with Crippen LogP contribution in [0.2, 0.25) is 0 Å². The molecular weight excluding hydrogens is 516 g/mol. The predicted octanol–water partition coefficient (Wildman–Crippen LogP) is 1.11. The monoisotopic (exact) mass is 544 g/mol. The zero-order valence-corrected chi connectivity index (χ0v) is 20.5. The topological polar surface area (TPSA) is 211 Å². The fraction of sp³-hybridized carbons (Fsp3) is 0.296. The molecule has 1 aliphatic carbocycles. The van der Waals surface area contributed by atoms with Crippen LogP contribution in [0.15, 0.2) is 48.6 Å². The number of hydrogen-bond acceptors (Lipinski definition) is 11. The number of hydrogen-bond donors (Lipinski definition) is 7. The minimum absolute atomic E-state index is 0.328. The van der Waals surface area contributed by atoms with Crippen LogP contribution < -0.4 is 0 Å². The molecule has 12 heteroatoms. The van der Waals surface area contributed by atoms with Crippen molar-refractivity contribution in [2.24, 2.45) is 0 Å². The average molecular weight is 545 g/mol. The van der Waals surface area contributed by atoms with Crippen molar-refractivity contribution in [1.82, 2.24) is 0 Å². The smallest absolute Gasteiger partial charge is 0.335 e. The number of benzene rings is 2.